The highest BCUT2D eigenvalue weighted by Gasteiger charge is 2.23. The van der Waals surface area contributed by atoms with Crippen molar-refractivity contribution in [2.24, 2.45) is 0 Å². The van der Waals surface area contributed by atoms with Crippen molar-refractivity contribution in [1.82, 2.24) is 5.32 Å². The molecule has 104 valence electrons. The maximum Gasteiger partial charge on any atom is 0.328 e. The molecule has 19 heavy (non-hydrogen) atoms. The van der Waals surface area contributed by atoms with E-state index < -0.39 is 12.0 Å². The van der Waals surface area contributed by atoms with E-state index in [9.17, 15) is 9.59 Å². The molecule has 7 heteroatoms. The summed E-state index contributed by atoms with van der Waals surface area (Å²) in [7, 11) is 1.41. The Balaban J connectivity index is 2.06. The number of methoxy groups -OCH3 is 1. The minimum Gasteiger partial charge on any atom is -0.480 e. The Kier molecular flexibility index (Phi) is 4.84. The van der Waals surface area contributed by atoms with Crippen LogP contribution in [0.15, 0.2) is 6.07 Å². The molecule has 2 rings (SSSR count). The van der Waals surface area contributed by atoms with Crippen LogP contribution < -0.4 is 5.32 Å². The third-order valence-corrected chi connectivity index (χ3v) is 5.03. The van der Waals surface area contributed by atoms with E-state index in [1.54, 1.807) is 0 Å². The average molecular weight is 301 g/mol. The van der Waals surface area contributed by atoms with Crippen LogP contribution in [0.5, 0.6) is 0 Å². The van der Waals surface area contributed by atoms with Gasteiger partial charge >= 0.3 is 5.97 Å². The highest BCUT2D eigenvalue weighted by molar-refractivity contribution is 7.98. The first-order valence-corrected chi connectivity index (χ1v) is 7.81. The molecular weight excluding hydrogens is 286 g/mol. The number of aliphatic carboxylic acids is 1. The van der Waals surface area contributed by atoms with E-state index in [4.69, 9.17) is 9.84 Å². The van der Waals surface area contributed by atoms with Gasteiger partial charge in [0.15, 0.2) is 6.04 Å². The van der Waals surface area contributed by atoms with Gasteiger partial charge in [-0.2, -0.15) is 11.8 Å². The van der Waals surface area contributed by atoms with Crippen molar-refractivity contribution >= 4 is 35.0 Å². The molecule has 1 atom stereocenters. The van der Waals surface area contributed by atoms with Crippen molar-refractivity contribution in [2.75, 3.05) is 19.5 Å². The molecule has 0 saturated heterocycles. The second-order valence-electron chi connectivity index (χ2n) is 4.18. The number of aryl methyl sites for hydroxylation is 1. The average Bonchev–Trinajstić information content (AvgIpc) is 2.81. The van der Waals surface area contributed by atoms with Crippen LogP contribution in [-0.4, -0.2) is 42.5 Å². The minimum atomic E-state index is -1.09. The third-order valence-electron chi connectivity index (χ3n) is 2.79. The molecule has 1 aromatic heterocycles. The Morgan fingerprint density at radius 3 is 3.00 bits per heavy atom. The summed E-state index contributed by atoms with van der Waals surface area (Å²) < 4.78 is 4.79. The maximum atomic E-state index is 12.0. The lowest BCUT2D eigenvalue weighted by molar-refractivity contribution is -0.140. The van der Waals surface area contributed by atoms with Crippen LogP contribution in [0.25, 0.3) is 0 Å². The number of carboxylic acid groups (broad SMARTS) is 1. The normalized spacial score (nSPS) is 15.6. The maximum absolute atomic E-state index is 12.0. The van der Waals surface area contributed by atoms with Crippen LogP contribution in [-0.2, 0) is 21.7 Å². The van der Waals surface area contributed by atoms with E-state index in [1.807, 2.05) is 17.8 Å². The lowest BCUT2D eigenvalue weighted by Crippen LogP contribution is -2.43. The van der Waals surface area contributed by atoms with Gasteiger partial charge in [-0.15, -0.1) is 11.3 Å². The summed E-state index contributed by atoms with van der Waals surface area (Å²) >= 11 is 3.31. The summed E-state index contributed by atoms with van der Waals surface area (Å²) in [5.74, 6) is 0.580. The van der Waals surface area contributed by atoms with E-state index in [1.165, 1.54) is 28.9 Å². The number of ether oxygens (including phenoxy) is 1. The Hall–Kier alpha value is -1.05. The first-order valence-electron chi connectivity index (χ1n) is 5.83. The summed E-state index contributed by atoms with van der Waals surface area (Å²) in [6.07, 6.45) is 0.985. The zero-order valence-electron chi connectivity index (χ0n) is 10.5. The molecule has 0 aliphatic carbocycles. The second kappa shape index (κ2) is 6.40. The number of thioether (sulfide) groups is 1. The zero-order valence-corrected chi connectivity index (χ0v) is 12.1. The van der Waals surface area contributed by atoms with Gasteiger partial charge in [-0.3, -0.25) is 4.79 Å². The summed E-state index contributed by atoms with van der Waals surface area (Å²) in [6, 6.07) is 0.860. The van der Waals surface area contributed by atoms with Crippen molar-refractivity contribution in [2.45, 2.75) is 18.2 Å². The monoisotopic (exact) mass is 301 g/mol. The quantitative estimate of drug-likeness (QED) is 0.859. The lowest BCUT2D eigenvalue weighted by atomic mass is 10.2. The molecule has 1 amide bonds. The van der Waals surface area contributed by atoms with Crippen molar-refractivity contribution in [3.8, 4) is 0 Å². The molecule has 2 heterocycles. The molecule has 1 aromatic rings. The van der Waals surface area contributed by atoms with Gasteiger partial charge in [-0.05, 0) is 23.8 Å². The number of carbonyl (C=O) groups excluding carboxylic acids is 1. The summed E-state index contributed by atoms with van der Waals surface area (Å²) in [5, 5.41) is 11.5. The van der Waals surface area contributed by atoms with Gasteiger partial charge in [0.1, 0.15) is 0 Å². The van der Waals surface area contributed by atoms with E-state index in [-0.39, 0.29) is 12.5 Å². The molecule has 0 spiro atoms. The van der Waals surface area contributed by atoms with Crippen LogP contribution in [0, 0.1) is 0 Å². The SMILES string of the molecule is COCC(NC(=O)c1cc2c(s1)CCSC2)C(=O)O. The third kappa shape index (κ3) is 3.49. The number of carboxylic acids is 1. The molecule has 0 aromatic carbocycles. The highest BCUT2D eigenvalue weighted by atomic mass is 32.2. The number of amides is 1. The fourth-order valence-electron chi connectivity index (χ4n) is 1.83. The van der Waals surface area contributed by atoms with Gasteiger partial charge in [0.05, 0.1) is 11.5 Å². The fourth-order valence-corrected chi connectivity index (χ4v) is 4.11. The van der Waals surface area contributed by atoms with Gasteiger partial charge < -0.3 is 15.2 Å². The molecule has 1 aliphatic rings. The molecule has 0 saturated carbocycles. The topological polar surface area (TPSA) is 75.6 Å². The van der Waals surface area contributed by atoms with E-state index in [0.29, 0.717) is 4.88 Å². The fraction of sp³-hybridized carbons (Fsp3) is 0.500. The van der Waals surface area contributed by atoms with Crippen LogP contribution in [0.3, 0.4) is 0 Å². The summed E-state index contributed by atoms with van der Waals surface area (Å²) in [4.78, 5) is 24.8. The lowest BCUT2D eigenvalue weighted by Gasteiger charge is -2.12. The number of hydrogen-bond acceptors (Lipinski definition) is 5. The molecule has 1 unspecified atom stereocenters. The molecule has 5 nitrogen and oxygen atoms in total. The molecule has 1 aliphatic heterocycles. The standard InChI is InChI=1S/C12H15NO4S2/c1-17-5-8(12(15)16)13-11(14)10-4-7-6-18-3-2-9(7)19-10/h4,8H,2-3,5-6H2,1H3,(H,13,14)(H,15,16). The first kappa shape index (κ1) is 14.4. The second-order valence-corrected chi connectivity index (χ2v) is 6.42. The smallest absolute Gasteiger partial charge is 0.328 e. The van der Waals surface area contributed by atoms with Gasteiger partial charge in [-0.25, -0.2) is 4.79 Å². The van der Waals surface area contributed by atoms with Gasteiger partial charge in [0.2, 0.25) is 0 Å². The van der Waals surface area contributed by atoms with Gasteiger partial charge in [0, 0.05) is 17.7 Å². The van der Waals surface area contributed by atoms with Gasteiger partial charge in [-0.1, -0.05) is 0 Å². The molecule has 0 fully saturated rings. The minimum absolute atomic E-state index is 0.0397. The highest BCUT2D eigenvalue weighted by Crippen LogP contribution is 2.31. The number of rotatable bonds is 5. The van der Waals surface area contributed by atoms with Crippen LogP contribution in [0.2, 0.25) is 0 Å². The number of hydrogen-bond donors (Lipinski definition) is 2. The predicted molar refractivity (Wildman–Crippen MR) is 75.0 cm³/mol. The number of thiophene rings is 1. The van der Waals surface area contributed by atoms with Crippen LogP contribution in [0.1, 0.15) is 20.1 Å². The first-order chi connectivity index (χ1) is 9.11. The van der Waals surface area contributed by atoms with Crippen LogP contribution in [0.4, 0.5) is 0 Å². The number of carbonyl (C=O) groups is 2. The van der Waals surface area contributed by atoms with Crippen molar-refractivity contribution in [3.63, 3.8) is 0 Å². The van der Waals surface area contributed by atoms with Crippen molar-refractivity contribution < 1.29 is 19.4 Å². The Bertz CT molecular complexity index is 463. The zero-order chi connectivity index (χ0) is 13.8. The predicted octanol–water partition coefficient (Wildman–Crippen LogP) is 1.37. The van der Waals surface area contributed by atoms with E-state index in [0.717, 1.165) is 17.9 Å². The number of nitrogens with one attached hydrogen (secondary N) is 1. The molecule has 0 radical (unpaired) electrons. The number of fused-ring (bicyclic) bond motifs is 1. The van der Waals surface area contributed by atoms with Crippen LogP contribution >= 0.6 is 23.1 Å². The van der Waals surface area contributed by atoms with Crippen molar-refractivity contribution in [1.29, 1.82) is 0 Å². The van der Waals surface area contributed by atoms with E-state index in [2.05, 4.69) is 5.32 Å². The van der Waals surface area contributed by atoms with E-state index >= 15 is 0 Å². The summed E-state index contributed by atoms with van der Waals surface area (Å²) in [5.41, 5.74) is 1.20. The largest absolute Gasteiger partial charge is 0.480 e. The molecular formula is C12H15NO4S2. The Morgan fingerprint density at radius 2 is 2.37 bits per heavy atom. The summed E-state index contributed by atoms with van der Waals surface area (Å²) in [6.45, 7) is -0.0397. The van der Waals surface area contributed by atoms with Gasteiger partial charge in [0.25, 0.3) is 5.91 Å². The molecule has 0 bridgehead atoms. The molecule has 2 N–H and O–H groups in total. The van der Waals surface area contributed by atoms with Crippen molar-refractivity contribution in [3.05, 3.63) is 21.4 Å². The Morgan fingerprint density at radius 1 is 1.58 bits per heavy atom. The Labute approximate surface area is 119 Å².